The van der Waals surface area contributed by atoms with Crippen LogP contribution in [-0.2, 0) is 0 Å². The average Bonchev–Trinajstić information content (AvgIpc) is 2.86. The van der Waals surface area contributed by atoms with Crippen LogP contribution in [0.3, 0.4) is 0 Å². The van der Waals surface area contributed by atoms with Crippen molar-refractivity contribution >= 4 is 16.5 Å². The maximum Gasteiger partial charge on any atom is 1.00 e. The molecule has 0 N–H and O–H groups in total. The van der Waals surface area contributed by atoms with Crippen LogP contribution in [0.1, 0.15) is 38.5 Å². The van der Waals surface area contributed by atoms with Gasteiger partial charge in [0, 0.05) is 0 Å². The van der Waals surface area contributed by atoms with Gasteiger partial charge in [-0.2, -0.15) is 6.42 Å². The fraction of sp³-hybridized carbons (Fsp3) is 0.929. The van der Waals surface area contributed by atoms with Crippen LogP contribution in [0.4, 0.5) is 0 Å². The zero-order chi connectivity index (χ0) is 12.9. The van der Waals surface area contributed by atoms with E-state index in [9.17, 15) is 0 Å². The van der Waals surface area contributed by atoms with Crippen molar-refractivity contribution in [2.24, 2.45) is 0 Å². The van der Waals surface area contributed by atoms with E-state index in [-0.39, 0.29) is 18.9 Å². The first kappa shape index (κ1) is 19.0. The number of hydrogen-bond donors (Lipinski definition) is 0. The normalized spacial score (nSPS) is 25.2. The molecule has 1 saturated heterocycles. The Hall–Kier alpha value is 0.991. The van der Waals surface area contributed by atoms with Crippen LogP contribution in [0.15, 0.2) is 0 Å². The van der Waals surface area contributed by atoms with Crippen molar-refractivity contribution in [3.63, 3.8) is 0 Å². The zero-order valence-electron chi connectivity index (χ0n) is 13.5. The maximum absolute atomic E-state index is 3.98. The first-order chi connectivity index (χ1) is 7.90. The molecule has 102 valence electrons. The summed E-state index contributed by atoms with van der Waals surface area (Å²) in [6.07, 6.45) is 8.59. The van der Waals surface area contributed by atoms with Crippen LogP contribution in [0.25, 0.3) is 0 Å². The van der Waals surface area contributed by atoms with Crippen LogP contribution in [-0.4, -0.2) is 27.2 Å². The van der Waals surface area contributed by atoms with Gasteiger partial charge in [-0.25, -0.2) is 0 Å². The zero-order valence-corrected chi connectivity index (χ0v) is 15.5. The molecule has 1 saturated carbocycles. The minimum atomic E-state index is -0.971. The third-order valence-corrected chi connectivity index (χ3v) is 14.9. The molecule has 1 nitrogen and oxygen atoms in total. The van der Waals surface area contributed by atoms with Crippen molar-refractivity contribution in [1.29, 1.82) is 0 Å². The van der Waals surface area contributed by atoms with Crippen LogP contribution < -0.4 is 18.9 Å². The molecule has 0 aromatic rings. The second kappa shape index (κ2) is 8.32. The van der Waals surface area contributed by atoms with Gasteiger partial charge in [0.2, 0.25) is 0 Å². The van der Waals surface area contributed by atoms with Gasteiger partial charge in [-0.15, -0.1) is 0 Å². The van der Waals surface area contributed by atoms with Crippen molar-refractivity contribution in [2.75, 3.05) is 6.54 Å². The number of nitrogens with zero attached hydrogens (tertiary/aromatic N) is 1. The Morgan fingerprint density at radius 1 is 0.833 bits per heavy atom. The molecule has 18 heavy (non-hydrogen) atoms. The molecule has 2 rings (SSSR count). The van der Waals surface area contributed by atoms with E-state index in [1.165, 1.54) is 50.7 Å². The summed E-state index contributed by atoms with van der Waals surface area (Å²) in [5, 5.41) is 0. The van der Waals surface area contributed by atoms with Gasteiger partial charge < -0.3 is 11.2 Å². The van der Waals surface area contributed by atoms with E-state index >= 15 is 0 Å². The van der Waals surface area contributed by atoms with E-state index in [1.807, 2.05) is 0 Å². The fourth-order valence-electron chi connectivity index (χ4n) is 3.35. The van der Waals surface area contributed by atoms with Gasteiger partial charge in [0.25, 0.3) is 0 Å². The van der Waals surface area contributed by atoms with Crippen molar-refractivity contribution in [2.45, 2.75) is 76.8 Å². The standard InChI is InChI=1S/C9H22NSi2.C5H10.Li/c1-6-7-10-11(2,3)8-9-12(10,4)5;1-2-4-5-3-1;/h1,6-9H2,2-5H3;1-5H2;/q-1;;+1. The second-order valence-electron chi connectivity index (χ2n) is 6.90. The molecule has 0 aromatic heterocycles. The summed E-state index contributed by atoms with van der Waals surface area (Å²) in [6, 6.07) is 3.04. The Balaban J connectivity index is 0.000000405. The second-order valence-corrected chi connectivity index (χ2v) is 16.7. The SMILES string of the molecule is C1CCCC1.[CH2-]CCN1[Si](C)(C)CC[Si]1(C)C.[Li+]. The summed E-state index contributed by atoms with van der Waals surface area (Å²) in [5.41, 5.74) is 0. The molecule has 0 atom stereocenters. The average molecular weight is 278 g/mol. The van der Waals surface area contributed by atoms with E-state index in [2.05, 4.69) is 37.3 Å². The Bertz CT molecular complexity index is 204. The summed E-state index contributed by atoms with van der Waals surface area (Å²) in [5.74, 6) is 0. The fourth-order valence-corrected chi connectivity index (χ4v) is 17.5. The summed E-state index contributed by atoms with van der Waals surface area (Å²) >= 11 is 0. The van der Waals surface area contributed by atoms with E-state index in [0.717, 1.165) is 6.42 Å². The molecule has 2 fully saturated rings. The Morgan fingerprint density at radius 3 is 1.44 bits per heavy atom. The largest absolute Gasteiger partial charge is 1.00 e. The monoisotopic (exact) mass is 277 g/mol. The molecular formula is C14H32LiNSi2. The minimum Gasteiger partial charge on any atom is -0.348 e. The van der Waals surface area contributed by atoms with Gasteiger partial charge in [-0.3, -0.25) is 0 Å². The van der Waals surface area contributed by atoms with Crippen molar-refractivity contribution < 1.29 is 18.9 Å². The molecule has 0 unspecified atom stereocenters. The van der Waals surface area contributed by atoms with Crippen LogP contribution in [0.5, 0.6) is 0 Å². The van der Waals surface area contributed by atoms with Crippen LogP contribution in [0, 0.1) is 6.92 Å². The first-order valence-corrected chi connectivity index (χ1v) is 13.8. The molecule has 0 amide bonds. The molecule has 1 aliphatic carbocycles. The van der Waals surface area contributed by atoms with Gasteiger partial charge >= 0.3 is 18.9 Å². The number of hydrogen-bond acceptors (Lipinski definition) is 1. The van der Waals surface area contributed by atoms with E-state index < -0.39 is 16.5 Å². The molecule has 1 aliphatic heterocycles. The molecule has 1 heterocycles. The third kappa shape index (κ3) is 5.55. The third-order valence-electron chi connectivity index (χ3n) is 4.44. The minimum absolute atomic E-state index is 0. The molecule has 4 heteroatoms. The summed E-state index contributed by atoms with van der Waals surface area (Å²) in [7, 11) is -1.94. The Labute approximate surface area is 129 Å². The summed E-state index contributed by atoms with van der Waals surface area (Å²) < 4.78 is 2.88. The van der Waals surface area contributed by atoms with E-state index in [0.29, 0.717) is 0 Å². The van der Waals surface area contributed by atoms with Gasteiger partial charge in [0.15, 0.2) is 0 Å². The summed E-state index contributed by atoms with van der Waals surface area (Å²) in [4.78, 5) is 0. The smallest absolute Gasteiger partial charge is 0.348 e. The number of rotatable bonds is 2. The Morgan fingerprint density at radius 2 is 1.17 bits per heavy atom. The molecule has 0 radical (unpaired) electrons. The van der Waals surface area contributed by atoms with E-state index in [1.54, 1.807) is 0 Å². The predicted octanol–water partition coefficient (Wildman–Crippen LogP) is 1.89. The molecule has 0 aromatic carbocycles. The van der Waals surface area contributed by atoms with E-state index in [4.69, 9.17) is 0 Å². The first-order valence-electron chi connectivity index (χ1n) is 7.47. The van der Waals surface area contributed by atoms with Gasteiger partial charge in [-0.05, 0) is 18.6 Å². The van der Waals surface area contributed by atoms with Crippen molar-refractivity contribution in [1.82, 2.24) is 4.23 Å². The van der Waals surface area contributed by atoms with Crippen LogP contribution in [0.2, 0.25) is 38.3 Å². The molecule has 0 bridgehead atoms. The summed E-state index contributed by atoms with van der Waals surface area (Å²) in [6.45, 7) is 15.3. The predicted molar refractivity (Wildman–Crippen MR) is 84.3 cm³/mol. The molecule has 0 spiro atoms. The quantitative estimate of drug-likeness (QED) is 0.550. The van der Waals surface area contributed by atoms with Crippen molar-refractivity contribution in [3.8, 4) is 0 Å². The van der Waals surface area contributed by atoms with Gasteiger partial charge in [-0.1, -0.05) is 58.3 Å². The topological polar surface area (TPSA) is 3.24 Å². The van der Waals surface area contributed by atoms with Gasteiger partial charge in [0.1, 0.15) is 16.5 Å². The van der Waals surface area contributed by atoms with Gasteiger partial charge in [0.05, 0.1) is 0 Å². The van der Waals surface area contributed by atoms with Crippen LogP contribution >= 0.6 is 0 Å². The Kier molecular flexibility index (Phi) is 8.77. The molecule has 2 aliphatic rings. The maximum atomic E-state index is 3.98. The molecular weight excluding hydrogens is 245 g/mol. The van der Waals surface area contributed by atoms with Crippen molar-refractivity contribution in [3.05, 3.63) is 6.92 Å².